The molecule has 0 heterocycles. The van der Waals surface area contributed by atoms with Gasteiger partial charge in [0.05, 0.1) is 0 Å². The maximum atomic E-state index is 8.88. The number of rotatable bonds is 0. The van der Waals surface area contributed by atoms with Crippen LogP contribution in [-0.4, -0.2) is 71.5 Å². The van der Waals surface area contributed by atoms with E-state index in [1.54, 1.807) is 0 Å². The molecule has 8 heteroatoms. The van der Waals surface area contributed by atoms with E-state index in [9.17, 15) is 0 Å². The first kappa shape index (κ1) is 22.6. The van der Waals surface area contributed by atoms with Crippen LogP contribution in [0.4, 0.5) is 0 Å². The Morgan fingerprint density at radius 1 is 1.12 bits per heavy atom. The van der Waals surface area contributed by atoms with Gasteiger partial charge < -0.3 is 26.3 Å². The molecule has 0 rings (SSSR count). The minimum absolute atomic E-state index is 0. The second-order valence-electron chi connectivity index (χ2n) is 0.513. The molecule has 0 aromatic rings. The molecule has 0 aliphatic heterocycles. The van der Waals surface area contributed by atoms with Crippen LogP contribution in [-0.2, 0) is 4.57 Å². The van der Waals surface area contributed by atoms with Crippen LogP contribution in [0.1, 0.15) is 0 Å². The standard InChI is InChI=1S/K.H3N.H3O4P.H2O.H/c;;1-5(2,3)4;;/h;1H3;(H3,1,2,3,4);1H2;. The van der Waals surface area contributed by atoms with Crippen molar-refractivity contribution in [3.8, 4) is 0 Å². The fraction of sp³-hybridized carbons (Fsp3) is 0. The summed E-state index contributed by atoms with van der Waals surface area (Å²) in [4.78, 5) is 21.6. The van der Waals surface area contributed by atoms with Crippen LogP contribution >= 0.6 is 7.82 Å². The van der Waals surface area contributed by atoms with Gasteiger partial charge in [0.1, 0.15) is 0 Å². The molecule has 50 valence electrons. The van der Waals surface area contributed by atoms with Gasteiger partial charge in [0.2, 0.25) is 0 Å². The minimum atomic E-state index is -4.64. The van der Waals surface area contributed by atoms with Crippen LogP contribution in [0.5, 0.6) is 0 Å². The third-order valence-electron chi connectivity index (χ3n) is 0. The zero-order chi connectivity index (χ0) is 4.50. The second kappa shape index (κ2) is 8.67. The first-order valence-corrected chi connectivity index (χ1v) is 2.35. The van der Waals surface area contributed by atoms with Gasteiger partial charge in [-0.2, -0.15) is 0 Å². The maximum absolute atomic E-state index is 8.88. The SMILES string of the molecule is N.O.O=P(O)(O)O.[KH]. The molecule has 0 saturated carbocycles. The van der Waals surface area contributed by atoms with E-state index in [4.69, 9.17) is 19.2 Å². The van der Waals surface area contributed by atoms with Gasteiger partial charge in [-0.1, -0.05) is 0 Å². The van der Waals surface area contributed by atoms with E-state index in [0.29, 0.717) is 0 Å². The van der Waals surface area contributed by atoms with Crippen LogP contribution < -0.4 is 6.15 Å². The summed E-state index contributed by atoms with van der Waals surface area (Å²) >= 11 is 0. The quantitative estimate of drug-likeness (QED) is 0.242. The van der Waals surface area contributed by atoms with Crippen molar-refractivity contribution in [2.24, 2.45) is 0 Å². The summed E-state index contributed by atoms with van der Waals surface area (Å²) in [6.45, 7) is 0. The summed E-state index contributed by atoms with van der Waals surface area (Å²) in [5.41, 5.74) is 0. The van der Waals surface area contributed by atoms with E-state index in [2.05, 4.69) is 0 Å². The molecule has 0 aliphatic carbocycles. The fourth-order valence-electron chi connectivity index (χ4n) is 0. The van der Waals surface area contributed by atoms with Crippen molar-refractivity contribution < 1.29 is 24.7 Å². The molecular weight excluding hydrogens is 164 g/mol. The van der Waals surface area contributed by atoms with Gasteiger partial charge in [0.15, 0.2) is 0 Å². The molecule has 0 aliphatic rings. The Kier molecular flexibility index (Phi) is 24.5. The van der Waals surface area contributed by atoms with Crippen molar-refractivity contribution in [2.45, 2.75) is 0 Å². The summed E-state index contributed by atoms with van der Waals surface area (Å²) in [6.07, 6.45) is 0. The Labute approximate surface area is 88.8 Å². The summed E-state index contributed by atoms with van der Waals surface area (Å²) in [6, 6.07) is 0. The fourth-order valence-corrected chi connectivity index (χ4v) is 0. The third kappa shape index (κ3) is 123. The van der Waals surface area contributed by atoms with Crippen molar-refractivity contribution in [1.29, 1.82) is 0 Å². The van der Waals surface area contributed by atoms with Gasteiger partial charge in [-0.3, -0.25) is 0 Å². The van der Waals surface area contributed by atoms with Gasteiger partial charge in [-0.05, 0) is 0 Å². The van der Waals surface area contributed by atoms with Crippen LogP contribution in [0, 0.1) is 0 Å². The van der Waals surface area contributed by atoms with Crippen molar-refractivity contribution in [2.75, 3.05) is 0 Å². The summed E-state index contributed by atoms with van der Waals surface area (Å²) < 4.78 is 8.88. The zero-order valence-electron chi connectivity index (χ0n) is 3.40. The van der Waals surface area contributed by atoms with E-state index in [1.165, 1.54) is 0 Å². The average molecular weight is 173 g/mol. The van der Waals surface area contributed by atoms with Crippen LogP contribution in [0.25, 0.3) is 0 Å². The van der Waals surface area contributed by atoms with E-state index >= 15 is 0 Å². The molecule has 0 aromatic heterocycles. The molecule has 0 amide bonds. The summed E-state index contributed by atoms with van der Waals surface area (Å²) in [5, 5.41) is 0. The Hall–Kier alpha value is 1.67. The molecule has 0 aromatic carbocycles. The zero-order valence-corrected chi connectivity index (χ0v) is 4.30. The third-order valence-corrected chi connectivity index (χ3v) is 0. The molecule has 0 saturated heterocycles. The molecule has 0 atom stereocenters. The van der Waals surface area contributed by atoms with Gasteiger partial charge in [-0.15, -0.1) is 0 Å². The first-order chi connectivity index (χ1) is 2.00. The first-order valence-electron chi connectivity index (χ1n) is 0.783. The predicted molar refractivity (Wildman–Crippen MR) is 30.0 cm³/mol. The molecule has 0 fully saturated rings. The molecule has 8 heavy (non-hydrogen) atoms. The van der Waals surface area contributed by atoms with Crippen molar-refractivity contribution in [3.05, 3.63) is 0 Å². The van der Waals surface area contributed by atoms with Crippen LogP contribution in [0.3, 0.4) is 0 Å². The molecule has 0 unspecified atom stereocenters. The normalized spacial score (nSPS) is 7.38. The Balaban J connectivity index is -0.0000000267. The number of hydrogen-bond acceptors (Lipinski definition) is 2. The van der Waals surface area contributed by atoms with Crippen molar-refractivity contribution in [3.63, 3.8) is 0 Å². The molecule has 0 spiro atoms. The van der Waals surface area contributed by atoms with Crippen molar-refractivity contribution >= 4 is 59.2 Å². The second-order valence-corrected chi connectivity index (χ2v) is 1.54. The van der Waals surface area contributed by atoms with Gasteiger partial charge in [-0.25, -0.2) is 4.57 Å². The molecular formula is H9KNO5P. The average Bonchev–Trinajstić information content (AvgIpc) is 0.722. The Morgan fingerprint density at radius 2 is 1.12 bits per heavy atom. The number of phosphoric acid groups is 1. The molecule has 0 radical (unpaired) electrons. The Morgan fingerprint density at radius 3 is 1.12 bits per heavy atom. The van der Waals surface area contributed by atoms with E-state index < -0.39 is 7.82 Å². The van der Waals surface area contributed by atoms with E-state index in [-0.39, 0.29) is 63.0 Å². The topological polar surface area (TPSA) is 144 Å². The monoisotopic (exact) mass is 173 g/mol. The Bertz CT molecular complexity index is 58.6. The number of hydrogen-bond donors (Lipinski definition) is 4. The summed E-state index contributed by atoms with van der Waals surface area (Å²) in [5.74, 6) is 0. The van der Waals surface area contributed by atoms with Gasteiger partial charge in [0, 0.05) is 0 Å². The predicted octanol–water partition coefficient (Wildman–Crippen LogP) is -2.24. The molecule has 6 nitrogen and oxygen atoms in total. The van der Waals surface area contributed by atoms with E-state index in [0.717, 1.165) is 0 Å². The molecule has 8 N–H and O–H groups in total. The van der Waals surface area contributed by atoms with Crippen molar-refractivity contribution in [1.82, 2.24) is 6.15 Å². The van der Waals surface area contributed by atoms with E-state index in [1.807, 2.05) is 0 Å². The molecule has 0 bridgehead atoms. The van der Waals surface area contributed by atoms with Crippen LogP contribution in [0.2, 0.25) is 0 Å². The van der Waals surface area contributed by atoms with Gasteiger partial charge in [0.25, 0.3) is 0 Å². The summed E-state index contributed by atoms with van der Waals surface area (Å²) in [7, 11) is -4.64. The van der Waals surface area contributed by atoms with Gasteiger partial charge >= 0.3 is 59.2 Å². The van der Waals surface area contributed by atoms with Crippen LogP contribution in [0.15, 0.2) is 0 Å².